The van der Waals surface area contributed by atoms with Gasteiger partial charge >= 0.3 is 5.97 Å². The number of hydrogen-bond acceptors (Lipinski definition) is 4. The highest BCUT2D eigenvalue weighted by Crippen LogP contribution is 2.34. The van der Waals surface area contributed by atoms with Gasteiger partial charge in [0.2, 0.25) is 0 Å². The van der Waals surface area contributed by atoms with Crippen LogP contribution in [-0.2, 0) is 11.2 Å². The molecule has 0 aliphatic carbocycles. The number of nitrogens with one attached hydrogen (secondary N) is 1. The summed E-state index contributed by atoms with van der Waals surface area (Å²) in [5.41, 5.74) is 4.38. The van der Waals surface area contributed by atoms with E-state index in [0.717, 1.165) is 33.6 Å². The van der Waals surface area contributed by atoms with Gasteiger partial charge in [0.05, 0.1) is 0 Å². The van der Waals surface area contributed by atoms with E-state index in [4.69, 9.17) is 4.74 Å². The maximum Gasteiger partial charge on any atom is 0.321 e. The van der Waals surface area contributed by atoms with Crippen LogP contribution in [0.4, 0.5) is 0 Å². The molecule has 0 aromatic heterocycles. The number of hydrogen-bond donors (Lipinski definition) is 3. The van der Waals surface area contributed by atoms with Crippen molar-refractivity contribution in [3.8, 4) is 17.2 Å². The van der Waals surface area contributed by atoms with Crippen LogP contribution in [0, 0.1) is 27.7 Å². The van der Waals surface area contributed by atoms with Crippen molar-refractivity contribution in [2.45, 2.75) is 60.9 Å². The Labute approximate surface area is 168 Å². The Bertz CT molecular complexity index is 768. The van der Waals surface area contributed by atoms with E-state index in [1.54, 1.807) is 12.1 Å². The molecule has 0 saturated carbocycles. The van der Waals surface area contributed by atoms with Crippen LogP contribution in [0.5, 0.6) is 17.2 Å². The molecule has 3 N–H and O–H groups in total. The van der Waals surface area contributed by atoms with Gasteiger partial charge in [-0.2, -0.15) is 0 Å². The molecule has 0 aliphatic rings. The molecule has 2 aromatic carbocycles. The van der Waals surface area contributed by atoms with Crippen LogP contribution in [0.25, 0.3) is 0 Å². The van der Waals surface area contributed by atoms with E-state index in [9.17, 15) is 15.0 Å². The van der Waals surface area contributed by atoms with Crippen LogP contribution in [0.3, 0.4) is 0 Å². The number of benzene rings is 2. The van der Waals surface area contributed by atoms with Crippen molar-refractivity contribution in [2.24, 2.45) is 0 Å². The second kappa shape index (κ2) is 10.7. The molecule has 0 aliphatic heterocycles. The number of aryl methyl sites for hydroxylation is 4. The number of likely N-dealkylation sites (N-methyl/N-ethyl adjacent to an activating group) is 1. The normalized spacial score (nSPS) is 11.4. The minimum absolute atomic E-state index is 0.282. The van der Waals surface area contributed by atoms with E-state index in [-0.39, 0.29) is 5.75 Å². The summed E-state index contributed by atoms with van der Waals surface area (Å²) in [6, 6.07) is 6.94. The largest absolute Gasteiger partial charge is 0.507 e. The first-order valence-electron chi connectivity index (χ1n) is 9.77. The molecule has 5 heteroatoms. The lowest BCUT2D eigenvalue weighted by atomic mass is 10.00. The van der Waals surface area contributed by atoms with Crippen LogP contribution in [-0.4, -0.2) is 28.8 Å². The van der Waals surface area contributed by atoms with Gasteiger partial charge < -0.3 is 20.3 Å². The summed E-state index contributed by atoms with van der Waals surface area (Å²) in [6.45, 7) is 14.1. The van der Waals surface area contributed by atoms with Gasteiger partial charge in [-0.3, -0.25) is 4.79 Å². The van der Waals surface area contributed by atoms with Crippen LogP contribution >= 0.6 is 0 Å². The summed E-state index contributed by atoms with van der Waals surface area (Å²) in [5, 5.41) is 22.2. The van der Waals surface area contributed by atoms with E-state index in [2.05, 4.69) is 5.32 Å². The van der Waals surface area contributed by atoms with Crippen LogP contribution in [0.1, 0.15) is 48.6 Å². The molecule has 0 fully saturated rings. The van der Waals surface area contributed by atoms with E-state index < -0.39 is 12.0 Å². The molecular weight excluding hydrogens is 354 g/mol. The van der Waals surface area contributed by atoms with E-state index >= 15 is 0 Å². The Morgan fingerprint density at radius 2 is 1.50 bits per heavy atom. The molecule has 5 nitrogen and oxygen atoms in total. The van der Waals surface area contributed by atoms with Crippen LogP contribution in [0.15, 0.2) is 24.3 Å². The SMILES string of the molecule is CC.CCNC(Cc1cc(C)c(Oc2cc(C)c(O)c(C)c2)c(C)c1)C(=O)O. The van der Waals surface area contributed by atoms with Gasteiger partial charge in [0.1, 0.15) is 23.3 Å². The summed E-state index contributed by atoms with van der Waals surface area (Å²) in [7, 11) is 0. The third kappa shape index (κ3) is 5.99. The first kappa shape index (κ1) is 23.5. The molecule has 0 bridgehead atoms. The Balaban J connectivity index is 0.00000190. The monoisotopic (exact) mass is 387 g/mol. The fourth-order valence-electron chi connectivity index (χ4n) is 3.14. The Kier molecular flexibility index (Phi) is 9.00. The summed E-state index contributed by atoms with van der Waals surface area (Å²) in [6.07, 6.45) is 0.419. The Morgan fingerprint density at radius 1 is 1.00 bits per heavy atom. The quantitative estimate of drug-likeness (QED) is 0.620. The summed E-state index contributed by atoms with van der Waals surface area (Å²) < 4.78 is 6.07. The number of aliphatic carboxylic acids is 1. The number of aromatic hydroxyl groups is 1. The smallest absolute Gasteiger partial charge is 0.321 e. The summed E-state index contributed by atoms with van der Waals surface area (Å²) >= 11 is 0. The zero-order chi connectivity index (χ0) is 21.4. The van der Waals surface area contributed by atoms with Gasteiger partial charge in [-0.25, -0.2) is 0 Å². The van der Waals surface area contributed by atoms with Crippen molar-refractivity contribution < 1.29 is 19.7 Å². The lowest BCUT2D eigenvalue weighted by molar-refractivity contribution is -0.139. The molecule has 0 radical (unpaired) electrons. The van der Waals surface area contributed by atoms with Crippen molar-refractivity contribution in [1.29, 1.82) is 0 Å². The average molecular weight is 388 g/mol. The van der Waals surface area contributed by atoms with E-state index in [1.807, 2.05) is 60.6 Å². The van der Waals surface area contributed by atoms with Gasteiger partial charge in [0, 0.05) is 0 Å². The molecule has 154 valence electrons. The Morgan fingerprint density at radius 3 is 1.93 bits per heavy atom. The summed E-state index contributed by atoms with van der Waals surface area (Å²) in [5.74, 6) is 0.864. The fraction of sp³-hybridized carbons (Fsp3) is 0.435. The van der Waals surface area contributed by atoms with Crippen LogP contribution in [0.2, 0.25) is 0 Å². The maximum atomic E-state index is 11.4. The lowest BCUT2D eigenvalue weighted by Crippen LogP contribution is -2.38. The van der Waals surface area contributed by atoms with Crippen molar-refractivity contribution in [2.75, 3.05) is 6.54 Å². The summed E-state index contributed by atoms with van der Waals surface area (Å²) in [4.78, 5) is 11.4. The lowest BCUT2D eigenvalue weighted by Gasteiger charge is -2.17. The molecule has 1 atom stereocenters. The number of carboxylic acid groups (broad SMARTS) is 1. The molecule has 0 amide bonds. The maximum absolute atomic E-state index is 11.4. The minimum Gasteiger partial charge on any atom is -0.507 e. The second-order valence-electron chi connectivity index (χ2n) is 6.72. The molecule has 28 heavy (non-hydrogen) atoms. The molecule has 2 rings (SSSR count). The van der Waals surface area contributed by atoms with Crippen molar-refractivity contribution in [1.82, 2.24) is 5.32 Å². The minimum atomic E-state index is -0.850. The highest BCUT2D eigenvalue weighted by molar-refractivity contribution is 5.74. The van der Waals surface area contributed by atoms with E-state index in [1.165, 1.54) is 0 Å². The molecule has 0 saturated heterocycles. The topological polar surface area (TPSA) is 78.8 Å². The third-order valence-electron chi connectivity index (χ3n) is 4.39. The third-order valence-corrected chi connectivity index (χ3v) is 4.39. The molecular formula is C23H33NO4. The fourth-order valence-corrected chi connectivity index (χ4v) is 3.14. The van der Waals surface area contributed by atoms with Gasteiger partial charge in [-0.15, -0.1) is 0 Å². The predicted octanol–water partition coefficient (Wildman–Crippen LogP) is 5.05. The standard InChI is InChI=1S/C21H27NO4.C2H6/c1-6-22-18(21(24)25)11-16-7-14(4)20(15(5)8-16)26-17-9-12(2)19(23)13(3)10-17;1-2/h7-10,18,22-23H,6,11H2,1-5H3,(H,24,25);1-2H3. The molecule has 0 spiro atoms. The highest BCUT2D eigenvalue weighted by Gasteiger charge is 2.18. The number of ether oxygens (including phenoxy) is 1. The van der Waals surface area contributed by atoms with Gasteiger partial charge in [0.15, 0.2) is 0 Å². The average Bonchev–Trinajstić information content (AvgIpc) is 2.64. The van der Waals surface area contributed by atoms with Crippen LogP contribution < -0.4 is 10.1 Å². The van der Waals surface area contributed by atoms with E-state index in [0.29, 0.717) is 18.7 Å². The predicted molar refractivity (Wildman–Crippen MR) is 114 cm³/mol. The molecule has 1 unspecified atom stereocenters. The number of phenols is 1. The van der Waals surface area contributed by atoms with Crippen molar-refractivity contribution >= 4 is 5.97 Å². The number of phenolic OH excluding ortho intramolecular Hbond substituents is 1. The molecule has 0 heterocycles. The highest BCUT2D eigenvalue weighted by atomic mass is 16.5. The zero-order valence-electron chi connectivity index (χ0n) is 18.0. The zero-order valence-corrected chi connectivity index (χ0v) is 18.0. The van der Waals surface area contributed by atoms with Crippen molar-refractivity contribution in [3.05, 3.63) is 52.1 Å². The first-order chi connectivity index (χ1) is 13.2. The molecule has 2 aromatic rings. The van der Waals surface area contributed by atoms with Gasteiger partial charge in [-0.1, -0.05) is 32.9 Å². The Hall–Kier alpha value is -2.53. The second-order valence-corrected chi connectivity index (χ2v) is 6.72. The van der Waals surface area contributed by atoms with Gasteiger partial charge in [0.25, 0.3) is 0 Å². The first-order valence-corrected chi connectivity index (χ1v) is 9.77. The van der Waals surface area contributed by atoms with Crippen molar-refractivity contribution in [3.63, 3.8) is 0 Å². The number of rotatable bonds is 7. The van der Waals surface area contributed by atoms with Gasteiger partial charge in [-0.05, 0) is 80.6 Å². The number of carbonyl (C=O) groups is 1. The number of carboxylic acids is 1.